The summed E-state index contributed by atoms with van der Waals surface area (Å²) in [7, 11) is 0. The van der Waals surface area contributed by atoms with Crippen molar-refractivity contribution in [3.63, 3.8) is 0 Å². The molecule has 0 N–H and O–H groups in total. The molecule has 1 aromatic heterocycles. The average Bonchev–Trinajstić information content (AvgIpc) is 3.54. The van der Waals surface area contributed by atoms with E-state index in [4.69, 9.17) is 15.0 Å². The summed E-state index contributed by atoms with van der Waals surface area (Å²) < 4.78 is 0. The van der Waals surface area contributed by atoms with Gasteiger partial charge in [-0.1, -0.05) is 194 Å². The Morgan fingerprint density at radius 1 is 0.237 bits per heavy atom. The molecule has 3 nitrogen and oxygen atoms in total. The SMILES string of the molecule is c1ccc(-c2ccc(-c3nc(-c4ccccc4)nc(-c4ccc5c(c4)C4(c6ccccc6-c6ccccc6-5)c5ccccc5-c5cc6ccccc6cc54)n3)cc2)cc1. The highest BCUT2D eigenvalue weighted by atomic mass is 15.0. The van der Waals surface area contributed by atoms with Crippen LogP contribution in [0.5, 0.6) is 0 Å². The average molecular weight is 750 g/mol. The highest BCUT2D eigenvalue weighted by Crippen LogP contribution is 2.62. The third-order valence-electron chi connectivity index (χ3n) is 12.3. The molecule has 274 valence electrons. The van der Waals surface area contributed by atoms with Gasteiger partial charge in [-0.15, -0.1) is 0 Å². The van der Waals surface area contributed by atoms with Gasteiger partial charge in [0.1, 0.15) is 0 Å². The molecule has 12 rings (SSSR count). The maximum Gasteiger partial charge on any atom is 0.164 e. The lowest BCUT2D eigenvalue weighted by atomic mass is 9.65. The van der Waals surface area contributed by atoms with Crippen molar-refractivity contribution < 1.29 is 0 Å². The van der Waals surface area contributed by atoms with E-state index in [1.807, 2.05) is 24.3 Å². The molecule has 1 atom stereocenters. The minimum absolute atomic E-state index is 0.634. The van der Waals surface area contributed by atoms with Crippen LogP contribution >= 0.6 is 0 Å². The van der Waals surface area contributed by atoms with Gasteiger partial charge in [-0.3, -0.25) is 0 Å². The zero-order valence-electron chi connectivity index (χ0n) is 32.0. The molecular weight excluding hydrogens is 715 g/mol. The monoisotopic (exact) mass is 749 g/mol. The highest BCUT2D eigenvalue weighted by Gasteiger charge is 2.50. The first-order valence-corrected chi connectivity index (χ1v) is 20.2. The molecule has 9 aromatic carbocycles. The second kappa shape index (κ2) is 13.2. The minimum atomic E-state index is -0.637. The van der Waals surface area contributed by atoms with E-state index in [-0.39, 0.29) is 0 Å². The van der Waals surface area contributed by atoms with Crippen molar-refractivity contribution in [1.82, 2.24) is 15.0 Å². The summed E-state index contributed by atoms with van der Waals surface area (Å²) in [5.74, 6) is 1.91. The van der Waals surface area contributed by atoms with Crippen LogP contribution in [0, 0.1) is 0 Å². The van der Waals surface area contributed by atoms with Gasteiger partial charge in [0.25, 0.3) is 0 Å². The maximum atomic E-state index is 5.29. The van der Waals surface area contributed by atoms with Crippen LogP contribution in [0.4, 0.5) is 0 Å². The molecule has 59 heavy (non-hydrogen) atoms. The molecule has 0 saturated carbocycles. The summed E-state index contributed by atoms with van der Waals surface area (Å²) in [6.07, 6.45) is 0. The Kier molecular flexibility index (Phi) is 7.45. The standard InChI is InChI=1S/C56H35N3/c1-3-15-36(16-4-1)37-27-29-39(30-28-37)54-57-53(38-17-5-2-6-18-38)58-55(59-54)42-31-32-47-44-22-10-9-21-43(44)45-23-11-13-25-49(45)56(51(47)35-42)50-26-14-12-24-46(50)48-33-40-19-7-8-20-41(40)34-52(48)56/h1-35H. The van der Waals surface area contributed by atoms with Crippen LogP contribution in [0.25, 0.3) is 89.4 Å². The molecular formula is C56H35N3. The molecule has 1 unspecified atom stereocenters. The largest absolute Gasteiger partial charge is 0.208 e. The van der Waals surface area contributed by atoms with E-state index < -0.39 is 5.41 Å². The fourth-order valence-corrected chi connectivity index (χ4v) is 9.71. The predicted octanol–water partition coefficient (Wildman–Crippen LogP) is 13.7. The van der Waals surface area contributed by atoms with Gasteiger partial charge in [0.15, 0.2) is 17.5 Å². The highest BCUT2D eigenvalue weighted by molar-refractivity contribution is 6.01. The number of hydrogen-bond acceptors (Lipinski definition) is 3. The summed E-state index contributed by atoms with van der Waals surface area (Å²) in [5, 5.41) is 2.46. The third-order valence-corrected chi connectivity index (χ3v) is 12.3. The number of aromatic nitrogens is 3. The van der Waals surface area contributed by atoms with E-state index in [1.54, 1.807) is 0 Å². The van der Waals surface area contributed by atoms with Gasteiger partial charge in [-0.25, -0.2) is 15.0 Å². The summed E-state index contributed by atoms with van der Waals surface area (Å²) in [4.78, 5) is 15.6. The molecule has 0 amide bonds. The Labute approximate surface area is 343 Å². The van der Waals surface area contributed by atoms with Gasteiger partial charge in [-0.2, -0.15) is 0 Å². The van der Waals surface area contributed by atoms with Crippen molar-refractivity contribution >= 4 is 10.8 Å². The van der Waals surface area contributed by atoms with Crippen molar-refractivity contribution in [2.45, 2.75) is 5.41 Å². The lowest BCUT2D eigenvalue weighted by Gasteiger charge is -2.35. The van der Waals surface area contributed by atoms with E-state index in [1.165, 1.54) is 72.0 Å². The van der Waals surface area contributed by atoms with Crippen molar-refractivity contribution in [2.75, 3.05) is 0 Å². The van der Waals surface area contributed by atoms with Gasteiger partial charge in [0.05, 0.1) is 5.41 Å². The zero-order chi connectivity index (χ0) is 38.9. The second-order valence-electron chi connectivity index (χ2n) is 15.5. The fourth-order valence-electron chi connectivity index (χ4n) is 9.71. The number of rotatable bonds is 4. The van der Waals surface area contributed by atoms with E-state index in [0.29, 0.717) is 17.5 Å². The van der Waals surface area contributed by atoms with Crippen molar-refractivity contribution in [1.29, 1.82) is 0 Å². The van der Waals surface area contributed by atoms with Crippen LogP contribution in [0.15, 0.2) is 212 Å². The first-order chi connectivity index (χ1) is 29.2. The van der Waals surface area contributed by atoms with Crippen molar-refractivity contribution in [3.8, 4) is 78.7 Å². The molecule has 2 aliphatic rings. The van der Waals surface area contributed by atoms with E-state index >= 15 is 0 Å². The molecule has 0 radical (unpaired) electrons. The molecule has 10 aromatic rings. The van der Waals surface area contributed by atoms with Gasteiger partial charge < -0.3 is 0 Å². The molecule has 0 aliphatic heterocycles. The smallest absolute Gasteiger partial charge is 0.164 e. The third kappa shape index (κ3) is 5.11. The maximum absolute atomic E-state index is 5.29. The predicted molar refractivity (Wildman–Crippen MR) is 241 cm³/mol. The number of fused-ring (bicyclic) bond motifs is 13. The molecule has 0 saturated heterocycles. The fraction of sp³-hybridized carbons (Fsp3) is 0.0179. The Balaban J connectivity index is 1.15. The topological polar surface area (TPSA) is 38.7 Å². The Bertz CT molecular complexity index is 3260. The summed E-state index contributed by atoms with van der Waals surface area (Å²) in [5.41, 5.74) is 17.0. The van der Waals surface area contributed by atoms with E-state index in [0.717, 1.165) is 22.3 Å². The first kappa shape index (κ1) is 33.4. The quantitative estimate of drug-likeness (QED) is 0.180. The molecule has 0 fully saturated rings. The summed E-state index contributed by atoms with van der Waals surface area (Å²) >= 11 is 0. The van der Waals surface area contributed by atoms with Gasteiger partial charge >= 0.3 is 0 Å². The lowest BCUT2D eigenvalue weighted by Crippen LogP contribution is -2.29. The minimum Gasteiger partial charge on any atom is -0.208 e. The van der Waals surface area contributed by atoms with E-state index in [2.05, 4.69) is 188 Å². The number of nitrogens with zero attached hydrogens (tertiary/aromatic N) is 3. The molecule has 3 heteroatoms. The molecule has 2 aliphatic carbocycles. The van der Waals surface area contributed by atoms with Crippen LogP contribution in [0.3, 0.4) is 0 Å². The zero-order valence-corrected chi connectivity index (χ0v) is 32.0. The summed E-state index contributed by atoms with van der Waals surface area (Å²) in [6.45, 7) is 0. The van der Waals surface area contributed by atoms with Crippen LogP contribution in [0.2, 0.25) is 0 Å². The van der Waals surface area contributed by atoms with Crippen LogP contribution < -0.4 is 0 Å². The van der Waals surface area contributed by atoms with Crippen LogP contribution in [-0.2, 0) is 5.41 Å². The van der Waals surface area contributed by atoms with Gasteiger partial charge in [-0.05, 0) is 95.7 Å². The van der Waals surface area contributed by atoms with Crippen LogP contribution in [-0.4, -0.2) is 15.0 Å². The van der Waals surface area contributed by atoms with Gasteiger partial charge in [0.2, 0.25) is 0 Å². The van der Waals surface area contributed by atoms with Crippen LogP contribution in [0.1, 0.15) is 22.3 Å². The van der Waals surface area contributed by atoms with Crippen molar-refractivity contribution in [2.24, 2.45) is 0 Å². The Morgan fingerprint density at radius 3 is 1.25 bits per heavy atom. The molecule has 1 spiro atoms. The number of benzene rings is 9. The normalized spacial score (nSPS) is 14.5. The second-order valence-corrected chi connectivity index (χ2v) is 15.5. The van der Waals surface area contributed by atoms with Crippen molar-refractivity contribution in [3.05, 3.63) is 235 Å². The Hall–Kier alpha value is -7.75. The molecule has 1 heterocycles. The first-order valence-electron chi connectivity index (χ1n) is 20.2. The lowest BCUT2D eigenvalue weighted by molar-refractivity contribution is 0.776. The Morgan fingerprint density at radius 2 is 0.627 bits per heavy atom. The molecule has 0 bridgehead atoms. The van der Waals surface area contributed by atoms with E-state index in [9.17, 15) is 0 Å². The number of hydrogen-bond donors (Lipinski definition) is 0. The van der Waals surface area contributed by atoms with Gasteiger partial charge in [0, 0.05) is 16.7 Å². The summed E-state index contributed by atoms with van der Waals surface area (Å²) in [6, 6.07) is 76.6.